The number of aromatic carboxylic acids is 2. The molecule has 5 N–H and O–H groups in total. The third-order valence-corrected chi connectivity index (χ3v) is 9.56. The summed E-state index contributed by atoms with van der Waals surface area (Å²) in [6, 6.07) is 16.0. The van der Waals surface area contributed by atoms with Crippen LogP contribution in [0.15, 0.2) is 90.4 Å². The predicted octanol–water partition coefficient (Wildman–Crippen LogP) is 8.43. The van der Waals surface area contributed by atoms with Gasteiger partial charge in [-0.2, -0.15) is 0 Å². The number of carbonyl (C=O) groups is 2. The fourth-order valence-corrected chi connectivity index (χ4v) is 6.64. The van der Waals surface area contributed by atoms with Crippen molar-refractivity contribution in [3.63, 3.8) is 0 Å². The highest BCUT2D eigenvalue weighted by atomic mass is 35.5. The van der Waals surface area contributed by atoms with Gasteiger partial charge in [0, 0.05) is 78.8 Å². The largest absolute Gasteiger partial charge is 0.478 e. The van der Waals surface area contributed by atoms with E-state index in [9.17, 15) is 40.0 Å². The molecule has 6 aromatic rings. The number of anilines is 4. The second-order valence-electron chi connectivity index (χ2n) is 12.8. The Bertz CT molecular complexity index is 2630. The number of aromatic nitrogens is 6. The molecular weight excluding hydrogens is 897 g/mol. The zero-order valence-electron chi connectivity index (χ0n) is 33.6. The first-order chi connectivity index (χ1) is 30.7. The zero-order chi connectivity index (χ0) is 46.3. The normalized spacial score (nSPS) is 10.7. The molecule has 24 heteroatoms. The minimum atomic E-state index is -1.26. The average molecular weight is 933 g/mol. The van der Waals surface area contributed by atoms with Crippen LogP contribution in [0, 0.1) is 20.2 Å². The van der Waals surface area contributed by atoms with Crippen molar-refractivity contribution >= 4 is 93.6 Å². The summed E-state index contributed by atoms with van der Waals surface area (Å²) in [5.41, 5.74) is 1.89. The molecule has 2 aromatic carbocycles. The summed E-state index contributed by atoms with van der Waals surface area (Å²) in [6.07, 6.45) is 6.14. The van der Waals surface area contributed by atoms with Crippen LogP contribution in [0.2, 0.25) is 15.1 Å². The lowest BCUT2D eigenvalue weighted by Crippen LogP contribution is -2.21. The van der Waals surface area contributed by atoms with E-state index in [2.05, 4.69) is 69.6 Å². The number of nitrogens with one attached hydrogen (secondary N) is 3. The fourth-order valence-electron chi connectivity index (χ4n) is 5.65. The second-order valence-corrected chi connectivity index (χ2v) is 14.1. The molecule has 6 rings (SSSR count). The van der Waals surface area contributed by atoms with Crippen molar-refractivity contribution in [3.8, 4) is 22.5 Å². The predicted molar refractivity (Wildman–Crippen MR) is 243 cm³/mol. The number of carboxylic acids is 2. The third-order valence-electron chi connectivity index (χ3n) is 8.74. The maximum absolute atomic E-state index is 11.7. The van der Waals surface area contributed by atoms with E-state index in [4.69, 9.17) is 34.8 Å². The highest BCUT2D eigenvalue weighted by molar-refractivity contribution is 6.42. The van der Waals surface area contributed by atoms with Crippen molar-refractivity contribution in [2.24, 2.45) is 4.99 Å². The van der Waals surface area contributed by atoms with Gasteiger partial charge in [-0.15, -0.1) is 0 Å². The number of rotatable bonds is 18. The van der Waals surface area contributed by atoms with Crippen molar-refractivity contribution < 1.29 is 29.6 Å². The highest BCUT2D eigenvalue weighted by Gasteiger charge is 2.21. The van der Waals surface area contributed by atoms with Crippen molar-refractivity contribution in [3.05, 3.63) is 132 Å². The van der Waals surface area contributed by atoms with Crippen molar-refractivity contribution in [2.75, 3.05) is 53.6 Å². The zero-order valence-corrected chi connectivity index (χ0v) is 35.9. The number of carboxylic acid groups (broad SMARTS) is 2. The van der Waals surface area contributed by atoms with E-state index in [1.54, 1.807) is 0 Å². The molecule has 0 spiro atoms. The maximum atomic E-state index is 11.7. The minimum Gasteiger partial charge on any atom is -0.478 e. The van der Waals surface area contributed by atoms with Crippen LogP contribution >= 0.6 is 34.8 Å². The molecule has 4 heterocycles. The first-order valence-electron chi connectivity index (χ1n) is 18.8. The molecule has 0 aliphatic rings. The molecule has 0 atom stereocenters. The smallest absolute Gasteiger partial charge is 0.339 e. The van der Waals surface area contributed by atoms with Gasteiger partial charge >= 0.3 is 11.9 Å². The number of pyridine rings is 2. The van der Waals surface area contributed by atoms with Gasteiger partial charge < -0.3 is 31.1 Å². The van der Waals surface area contributed by atoms with Gasteiger partial charge in [0.25, 0.3) is 11.4 Å². The van der Waals surface area contributed by atoms with E-state index in [0.29, 0.717) is 41.1 Å². The van der Waals surface area contributed by atoms with Gasteiger partial charge in [-0.3, -0.25) is 20.2 Å². The minimum absolute atomic E-state index is 0.0179. The molecule has 0 fully saturated rings. The fraction of sp³-hybridized carbons (Fsp3) is 0.175. The SMILES string of the molecule is CCN(CC)c1ccc(-c2nc(NCCNc3ccc([N+](=O)[O-])cn3)ncc2C(=O)O)cc1.O=C(O)c1cnc(NCC=Nc2ccc([N+](=O)[O-])cn2)nc1-c1c(Cl)cc(Cl)cc1Cl. The topological polar surface area (TPSA) is 290 Å². The van der Waals surface area contributed by atoms with Crippen LogP contribution in [0.5, 0.6) is 0 Å². The molecule has 0 aliphatic carbocycles. The van der Waals surface area contributed by atoms with Crippen LogP contribution < -0.4 is 20.9 Å². The Morgan fingerprint density at radius 2 is 1.27 bits per heavy atom. The summed E-state index contributed by atoms with van der Waals surface area (Å²) in [4.78, 5) is 74.3. The van der Waals surface area contributed by atoms with Gasteiger partial charge in [0.15, 0.2) is 5.82 Å². The molecule has 0 bridgehead atoms. The van der Waals surface area contributed by atoms with Crippen molar-refractivity contribution in [1.29, 1.82) is 0 Å². The third kappa shape index (κ3) is 12.7. The number of aliphatic imine (C=N–C) groups is 1. The molecule has 0 unspecified atom stereocenters. The number of nitrogens with zero attached hydrogens (tertiary/aromatic N) is 10. The number of nitro groups is 2. The molecule has 0 aliphatic heterocycles. The molecule has 0 amide bonds. The van der Waals surface area contributed by atoms with E-state index >= 15 is 0 Å². The molecule has 21 nitrogen and oxygen atoms in total. The molecule has 330 valence electrons. The molecule has 0 saturated heterocycles. The molecule has 0 radical (unpaired) electrons. The van der Waals surface area contributed by atoms with Crippen LogP contribution in [0.4, 0.5) is 40.6 Å². The Labute approximate surface area is 378 Å². The first kappa shape index (κ1) is 47.4. The summed E-state index contributed by atoms with van der Waals surface area (Å²) in [5.74, 6) is -1.19. The lowest BCUT2D eigenvalue weighted by atomic mass is 10.1. The Kier molecular flexibility index (Phi) is 16.6. The van der Waals surface area contributed by atoms with Crippen LogP contribution in [0.1, 0.15) is 34.6 Å². The monoisotopic (exact) mass is 931 g/mol. The first-order valence-corrected chi connectivity index (χ1v) is 20.0. The van der Waals surface area contributed by atoms with Gasteiger partial charge in [-0.25, -0.2) is 44.5 Å². The van der Waals surface area contributed by atoms with E-state index in [1.807, 2.05) is 24.3 Å². The van der Waals surface area contributed by atoms with Crippen LogP contribution in [-0.4, -0.2) is 101 Å². The molecule has 64 heavy (non-hydrogen) atoms. The number of hydrogen-bond acceptors (Lipinski definition) is 17. The van der Waals surface area contributed by atoms with Gasteiger partial charge in [-0.05, 0) is 50.2 Å². The van der Waals surface area contributed by atoms with Crippen LogP contribution in [-0.2, 0) is 0 Å². The number of hydrogen-bond donors (Lipinski definition) is 5. The quantitative estimate of drug-likeness (QED) is 0.0234. The van der Waals surface area contributed by atoms with Crippen LogP contribution in [0.25, 0.3) is 22.5 Å². The average Bonchev–Trinajstić information content (AvgIpc) is 3.27. The summed E-state index contributed by atoms with van der Waals surface area (Å²) in [7, 11) is 0. The number of benzene rings is 2. The second kappa shape index (κ2) is 22.5. The Morgan fingerprint density at radius 1 is 0.719 bits per heavy atom. The standard InChI is InChI=1S/C22H25N7O4.C18H11Cl3N6O4/c1-3-28(4-2)16-7-5-15(6-8-16)20-18(21(30)31)14-26-22(27-20)24-12-11-23-19-10-9-17(13-25-19)29(32)33;19-9-5-12(20)15(13(21)6-9)16-11(17(28)29)8-25-18(26-16)23-4-3-22-14-2-1-10(7-24-14)27(30)31/h5-10,13-14H,3-4,11-12H2,1-2H3,(H,23,25)(H,30,31)(H,24,26,27);1-3,5-8H,4H2,(H,28,29)(H,23,25,26). The van der Waals surface area contributed by atoms with E-state index in [1.165, 1.54) is 55.0 Å². The van der Waals surface area contributed by atoms with Gasteiger partial charge in [0.05, 0.1) is 37.8 Å². The lowest BCUT2D eigenvalue weighted by Gasteiger charge is -2.21. The molecule has 0 saturated carbocycles. The summed E-state index contributed by atoms with van der Waals surface area (Å²) in [6.45, 7) is 6.94. The Balaban J connectivity index is 0.000000241. The van der Waals surface area contributed by atoms with E-state index < -0.39 is 21.8 Å². The van der Waals surface area contributed by atoms with Gasteiger partial charge in [0.2, 0.25) is 11.9 Å². The summed E-state index contributed by atoms with van der Waals surface area (Å²) < 4.78 is 0. The van der Waals surface area contributed by atoms with E-state index in [-0.39, 0.29) is 62.1 Å². The van der Waals surface area contributed by atoms with Crippen LogP contribution in [0.3, 0.4) is 0 Å². The van der Waals surface area contributed by atoms with Crippen molar-refractivity contribution in [1.82, 2.24) is 29.9 Å². The summed E-state index contributed by atoms with van der Waals surface area (Å²) >= 11 is 18.3. The Morgan fingerprint density at radius 3 is 1.80 bits per heavy atom. The summed E-state index contributed by atoms with van der Waals surface area (Å²) in [5, 5.41) is 49.8. The molecular formula is C40H36Cl3N13O8. The van der Waals surface area contributed by atoms with Crippen molar-refractivity contribution in [2.45, 2.75) is 13.8 Å². The highest BCUT2D eigenvalue weighted by Crippen LogP contribution is 2.38. The Hall–Kier alpha value is -7.62. The lowest BCUT2D eigenvalue weighted by molar-refractivity contribution is -0.385. The maximum Gasteiger partial charge on any atom is 0.339 e. The van der Waals surface area contributed by atoms with E-state index in [0.717, 1.165) is 31.2 Å². The van der Waals surface area contributed by atoms with Gasteiger partial charge in [-0.1, -0.05) is 46.9 Å². The van der Waals surface area contributed by atoms with Gasteiger partial charge in [0.1, 0.15) is 29.3 Å². The molecule has 4 aromatic heterocycles. The number of halogens is 3.